The van der Waals surface area contributed by atoms with Crippen LogP contribution in [0.2, 0.25) is 5.02 Å². The number of carbonyl (C=O) groups is 2. The number of carbonyl (C=O) groups excluding carboxylic acids is 2. The molecular formula is C22H23ClF3N3O4. The molecule has 2 aromatic rings. The van der Waals surface area contributed by atoms with Gasteiger partial charge in [0.15, 0.2) is 6.61 Å². The van der Waals surface area contributed by atoms with Gasteiger partial charge in [-0.25, -0.2) is 19.8 Å². The van der Waals surface area contributed by atoms with Crippen LogP contribution < -0.4 is 4.74 Å². The van der Waals surface area contributed by atoms with Crippen molar-refractivity contribution in [2.75, 3.05) is 19.7 Å². The molecule has 1 aromatic carbocycles. The minimum Gasteiger partial charge on any atom is -0.468 e. The van der Waals surface area contributed by atoms with E-state index in [-0.39, 0.29) is 23.6 Å². The standard InChI is InChI=1S/C22H23ClF3N3O4/c1-21(2,3)33-20(31)29-10-4-9-28(29)19(30)15-11-17(14-5-7-16(23)8-6-14)18(27-12-15)32-13-22(24,25)26/h5-8,11-12H,4,9-10,13H2,1-3H3. The number of hydrogen-bond acceptors (Lipinski definition) is 5. The Morgan fingerprint density at radius 2 is 1.73 bits per heavy atom. The first kappa shape index (κ1) is 24.6. The summed E-state index contributed by atoms with van der Waals surface area (Å²) in [5.74, 6) is -0.819. The Morgan fingerprint density at radius 1 is 1.09 bits per heavy atom. The molecule has 2 amide bonds. The van der Waals surface area contributed by atoms with E-state index in [2.05, 4.69) is 4.98 Å². The lowest BCUT2D eigenvalue weighted by atomic mass is 10.0. The van der Waals surface area contributed by atoms with Crippen LogP contribution >= 0.6 is 11.6 Å². The maximum atomic E-state index is 13.2. The second-order valence-corrected chi connectivity index (χ2v) is 8.81. The summed E-state index contributed by atoms with van der Waals surface area (Å²) in [7, 11) is 0. The molecule has 0 saturated carbocycles. The maximum Gasteiger partial charge on any atom is 0.429 e. The van der Waals surface area contributed by atoms with Crippen molar-refractivity contribution in [3.8, 4) is 17.0 Å². The molecule has 0 unspecified atom stereocenters. The second kappa shape index (κ2) is 9.46. The third-order valence-corrected chi connectivity index (χ3v) is 4.75. The highest BCUT2D eigenvalue weighted by Gasteiger charge is 2.35. The van der Waals surface area contributed by atoms with Gasteiger partial charge in [-0.1, -0.05) is 23.7 Å². The molecular weight excluding hydrogens is 463 g/mol. The van der Waals surface area contributed by atoms with Crippen molar-refractivity contribution in [1.82, 2.24) is 15.0 Å². The van der Waals surface area contributed by atoms with Crippen molar-refractivity contribution in [3.63, 3.8) is 0 Å². The average molecular weight is 486 g/mol. The average Bonchev–Trinajstić information content (AvgIpc) is 3.20. The summed E-state index contributed by atoms with van der Waals surface area (Å²) in [5.41, 5.74) is -0.0153. The number of hydrazine groups is 1. The van der Waals surface area contributed by atoms with Gasteiger partial charge in [-0.05, 0) is 51.0 Å². The summed E-state index contributed by atoms with van der Waals surface area (Å²) in [6, 6.07) is 7.66. The van der Waals surface area contributed by atoms with E-state index in [1.54, 1.807) is 45.0 Å². The monoisotopic (exact) mass is 485 g/mol. The maximum absolute atomic E-state index is 13.2. The van der Waals surface area contributed by atoms with Gasteiger partial charge in [0.05, 0.1) is 5.56 Å². The molecule has 1 aliphatic rings. The Bertz CT molecular complexity index is 1020. The first-order valence-electron chi connectivity index (χ1n) is 10.1. The number of hydrogen-bond donors (Lipinski definition) is 0. The SMILES string of the molecule is CC(C)(C)OC(=O)N1CCCN1C(=O)c1cnc(OCC(F)(F)F)c(-c2ccc(Cl)cc2)c1. The minimum atomic E-state index is -4.56. The largest absolute Gasteiger partial charge is 0.468 e. The number of aromatic nitrogens is 1. The number of amides is 2. The quantitative estimate of drug-likeness (QED) is 0.584. The molecule has 7 nitrogen and oxygen atoms in total. The molecule has 0 spiro atoms. The zero-order valence-corrected chi connectivity index (χ0v) is 19.0. The minimum absolute atomic E-state index is 0.0785. The van der Waals surface area contributed by atoms with Crippen LogP contribution in [-0.2, 0) is 4.74 Å². The van der Waals surface area contributed by atoms with Crippen molar-refractivity contribution < 1.29 is 32.2 Å². The van der Waals surface area contributed by atoms with Crippen molar-refractivity contribution in [3.05, 3.63) is 47.1 Å². The molecule has 33 heavy (non-hydrogen) atoms. The third kappa shape index (κ3) is 6.50. The number of ether oxygens (including phenoxy) is 2. The predicted octanol–water partition coefficient (Wildman–Crippen LogP) is 5.34. The summed E-state index contributed by atoms with van der Waals surface area (Å²) in [5, 5.41) is 2.89. The molecule has 1 aliphatic heterocycles. The van der Waals surface area contributed by atoms with E-state index in [4.69, 9.17) is 21.1 Å². The van der Waals surface area contributed by atoms with Crippen molar-refractivity contribution in [1.29, 1.82) is 0 Å². The lowest BCUT2D eigenvalue weighted by Gasteiger charge is -2.30. The Balaban J connectivity index is 1.92. The number of rotatable bonds is 4. The van der Waals surface area contributed by atoms with Crippen molar-refractivity contribution in [2.45, 2.75) is 39.0 Å². The van der Waals surface area contributed by atoms with Gasteiger partial charge in [0, 0.05) is 29.9 Å². The van der Waals surface area contributed by atoms with Crippen LogP contribution in [0.4, 0.5) is 18.0 Å². The molecule has 0 radical (unpaired) electrons. The van der Waals surface area contributed by atoms with Crippen LogP contribution in [0.25, 0.3) is 11.1 Å². The van der Waals surface area contributed by atoms with Crippen LogP contribution in [-0.4, -0.2) is 58.5 Å². The third-order valence-electron chi connectivity index (χ3n) is 4.50. The Morgan fingerprint density at radius 3 is 2.33 bits per heavy atom. The highest BCUT2D eigenvalue weighted by atomic mass is 35.5. The number of alkyl halides is 3. The van der Waals surface area contributed by atoms with Gasteiger partial charge in [0.25, 0.3) is 5.91 Å². The first-order valence-corrected chi connectivity index (χ1v) is 10.5. The number of benzene rings is 1. The van der Waals surface area contributed by atoms with E-state index >= 15 is 0 Å². The van der Waals surface area contributed by atoms with E-state index in [0.29, 0.717) is 23.6 Å². The lowest BCUT2D eigenvalue weighted by molar-refractivity contribution is -0.154. The van der Waals surface area contributed by atoms with Gasteiger partial charge in [-0.15, -0.1) is 0 Å². The Kier molecular flexibility index (Phi) is 7.06. The molecule has 0 N–H and O–H groups in total. The fourth-order valence-electron chi connectivity index (χ4n) is 3.15. The fourth-order valence-corrected chi connectivity index (χ4v) is 3.27. The normalized spacial score (nSPS) is 14.4. The molecule has 2 heterocycles. The summed E-state index contributed by atoms with van der Waals surface area (Å²) in [4.78, 5) is 29.7. The van der Waals surface area contributed by atoms with E-state index in [1.165, 1.54) is 16.1 Å². The smallest absolute Gasteiger partial charge is 0.429 e. The van der Waals surface area contributed by atoms with Gasteiger partial charge < -0.3 is 9.47 Å². The van der Waals surface area contributed by atoms with Crippen LogP contribution in [0.15, 0.2) is 36.5 Å². The van der Waals surface area contributed by atoms with Crippen molar-refractivity contribution >= 4 is 23.6 Å². The van der Waals surface area contributed by atoms with E-state index < -0.39 is 30.4 Å². The highest BCUT2D eigenvalue weighted by molar-refractivity contribution is 6.30. The summed E-state index contributed by atoms with van der Waals surface area (Å²) in [6.07, 6.45) is -3.55. The second-order valence-electron chi connectivity index (χ2n) is 8.37. The van der Waals surface area contributed by atoms with Gasteiger partial charge in [-0.3, -0.25) is 4.79 Å². The molecule has 1 fully saturated rings. The van der Waals surface area contributed by atoms with Crippen LogP contribution in [0.3, 0.4) is 0 Å². The molecule has 178 valence electrons. The number of halogens is 4. The molecule has 0 bridgehead atoms. The van der Waals surface area contributed by atoms with Crippen LogP contribution in [0.5, 0.6) is 5.88 Å². The lowest BCUT2D eigenvalue weighted by Crippen LogP contribution is -2.46. The Hall–Kier alpha value is -3.01. The van der Waals surface area contributed by atoms with E-state index in [9.17, 15) is 22.8 Å². The van der Waals surface area contributed by atoms with Crippen LogP contribution in [0.1, 0.15) is 37.6 Å². The summed E-state index contributed by atoms with van der Waals surface area (Å²) in [6.45, 7) is 4.19. The zero-order chi connectivity index (χ0) is 24.4. The molecule has 11 heteroatoms. The number of nitrogens with zero attached hydrogens (tertiary/aromatic N) is 3. The van der Waals surface area contributed by atoms with E-state index in [0.717, 1.165) is 6.20 Å². The fraction of sp³-hybridized carbons (Fsp3) is 0.409. The Labute approximate surface area is 194 Å². The highest BCUT2D eigenvalue weighted by Crippen LogP contribution is 2.32. The topological polar surface area (TPSA) is 72.0 Å². The molecule has 1 aromatic heterocycles. The number of pyridine rings is 1. The molecule has 1 saturated heterocycles. The summed E-state index contributed by atoms with van der Waals surface area (Å²) >= 11 is 5.91. The van der Waals surface area contributed by atoms with Gasteiger partial charge in [-0.2, -0.15) is 13.2 Å². The van der Waals surface area contributed by atoms with Gasteiger partial charge in [0.1, 0.15) is 5.60 Å². The first-order chi connectivity index (χ1) is 15.3. The molecule has 0 atom stereocenters. The predicted molar refractivity (Wildman–Crippen MR) is 115 cm³/mol. The van der Waals surface area contributed by atoms with Gasteiger partial charge in [0.2, 0.25) is 5.88 Å². The van der Waals surface area contributed by atoms with Crippen molar-refractivity contribution in [2.24, 2.45) is 0 Å². The summed E-state index contributed by atoms with van der Waals surface area (Å²) < 4.78 is 48.3. The van der Waals surface area contributed by atoms with Crippen LogP contribution in [0, 0.1) is 0 Å². The molecule has 3 rings (SSSR count). The molecule has 0 aliphatic carbocycles. The zero-order valence-electron chi connectivity index (χ0n) is 18.3. The van der Waals surface area contributed by atoms with E-state index in [1.807, 2.05) is 0 Å². The van der Waals surface area contributed by atoms with Gasteiger partial charge >= 0.3 is 12.3 Å².